The van der Waals surface area contributed by atoms with E-state index in [0.717, 1.165) is 5.56 Å². The molecular formula is C21H16F12N4O10SSn. The van der Waals surface area contributed by atoms with Crippen molar-refractivity contribution in [3.05, 3.63) is 48.2 Å². The van der Waals surface area contributed by atoms with Crippen LogP contribution in [0.25, 0.3) is 0 Å². The zero-order chi connectivity index (χ0) is 38.5. The number of carbonyl (C=O) groups excluding carboxylic acids is 4. The molecule has 14 nitrogen and oxygen atoms in total. The van der Waals surface area contributed by atoms with Crippen LogP contribution in [0.15, 0.2) is 47.6 Å². The van der Waals surface area contributed by atoms with Gasteiger partial charge in [0.1, 0.15) is 36.2 Å². The van der Waals surface area contributed by atoms with E-state index in [0.29, 0.717) is 19.6 Å². The van der Waals surface area contributed by atoms with Gasteiger partial charge in [0, 0.05) is 25.4 Å². The molecule has 0 aromatic heterocycles. The predicted octanol–water partition coefficient (Wildman–Crippen LogP) is -2.58. The van der Waals surface area contributed by atoms with Gasteiger partial charge in [0.05, 0.1) is 0 Å². The fourth-order valence-electron chi connectivity index (χ4n) is 2.82. The molecule has 0 amide bonds. The van der Waals surface area contributed by atoms with Crippen LogP contribution in [-0.4, -0.2) is 110 Å². The predicted molar refractivity (Wildman–Crippen MR) is 127 cm³/mol. The van der Waals surface area contributed by atoms with E-state index >= 15 is 0 Å². The van der Waals surface area contributed by atoms with E-state index in [4.69, 9.17) is 44.7 Å². The van der Waals surface area contributed by atoms with Crippen LogP contribution in [0, 0.1) is 0 Å². The zero-order valence-corrected chi connectivity index (χ0v) is 26.9. The number of hydrogen-bond donors (Lipinski definition) is 1. The number of alkyl halides is 12. The van der Waals surface area contributed by atoms with Gasteiger partial charge in [-0.2, -0.15) is 65.4 Å². The van der Waals surface area contributed by atoms with Crippen molar-refractivity contribution < 1.29 is 101 Å². The number of aliphatic carboxylic acids is 4. The first-order valence-electron chi connectivity index (χ1n) is 11.2. The Balaban J connectivity index is -0.000000612. The van der Waals surface area contributed by atoms with Crippen molar-refractivity contribution in [1.29, 1.82) is 0 Å². The van der Waals surface area contributed by atoms with Crippen LogP contribution in [0.2, 0.25) is 0 Å². The van der Waals surface area contributed by atoms with Crippen molar-refractivity contribution in [2.45, 2.75) is 36.8 Å². The largest absolute Gasteiger partial charge is 4.00 e. The number of nitrogens with two attached hydrogens (primary N) is 1. The molecular weight excluding hydrogens is 847 g/mol. The van der Waals surface area contributed by atoms with Gasteiger partial charge in [-0.25, -0.2) is 5.14 Å². The molecule has 2 heterocycles. The molecule has 2 aliphatic heterocycles. The van der Waals surface area contributed by atoms with Crippen LogP contribution in [0.3, 0.4) is 0 Å². The zero-order valence-electron chi connectivity index (χ0n) is 23.2. The minimum Gasteiger partial charge on any atom is -0.542 e. The van der Waals surface area contributed by atoms with Gasteiger partial charge >= 0.3 is 48.6 Å². The van der Waals surface area contributed by atoms with Crippen LogP contribution in [0.4, 0.5) is 52.7 Å². The third-order valence-electron chi connectivity index (χ3n) is 4.71. The van der Waals surface area contributed by atoms with E-state index in [1.54, 1.807) is 12.3 Å². The topological polar surface area (TPSA) is 240 Å². The molecule has 1 atom stereocenters. The fourth-order valence-corrected chi connectivity index (χ4v) is 3.89. The first-order valence-corrected chi connectivity index (χ1v) is 12.7. The monoisotopic (exact) mass is 864 g/mol. The normalized spacial score (nSPS) is 17.3. The van der Waals surface area contributed by atoms with Crippen LogP contribution in [0.1, 0.15) is 12.0 Å². The van der Waals surface area contributed by atoms with E-state index in [9.17, 15) is 61.1 Å². The Morgan fingerprint density at radius 2 is 1.04 bits per heavy atom. The number of hydrogen-bond acceptors (Lipinski definition) is 12. The van der Waals surface area contributed by atoms with Gasteiger partial charge in [-0.05, 0) is 11.6 Å². The number of carbonyl (C=O) groups is 4. The van der Waals surface area contributed by atoms with Crippen molar-refractivity contribution >= 4 is 64.2 Å². The molecule has 3 rings (SSSR count). The summed E-state index contributed by atoms with van der Waals surface area (Å²) in [5, 5.41) is 40.5. The molecule has 1 aromatic carbocycles. The quantitative estimate of drug-likeness (QED) is 0.245. The van der Waals surface area contributed by atoms with Gasteiger partial charge in [0.25, 0.3) is 10.2 Å². The number of carboxylic acids is 4. The number of rotatable bonds is 3. The molecule has 0 bridgehead atoms. The first kappa shape index (κ1) is 49.5. The van der Waals surface area contributed by atoms with E-state index in [2.05, 4.69) is 4.99 Å². The SMILES string of the molecule is NS(=O)(=O)N1CCC1(c1ccccc1)N1C=CC=NC1.O=C([O-])C(F)(F)F.O=C([O-])C(F)(F)F.O=C([O-])C(F)(F)F.O=C([O-])C(F)(F)F.[Sn+4]. The maximum Gasteiger partial charge on any atom is 4.00 e. The maximum absolute atomic E-state index is 11.9. The molecule has 49 heavy (non-hydrogen) atoms. The Morgan fingerprint density at radius 1 is 0.714 bits per heavy atom. The Kier molecular flexibility index (Phi) is 19.6. The summed E-state index contributed by atoms with van der Waals surface area (Å²) in [6.07, 6.45) is -14.7. The van der Waals surface area contributed by atoms with E-state index in [-0.39, 0.29) is 23.9 Å². The van der Waals surface area contributed by atoms with Crippen molar-refractivity contribution in [1.82, 2.24) is 9.21 Å². The third-order valence-corrected chi connectivity index (χ3v) is 5.81. The summed E-state index contributed by atoms with van der Waals surface area (Å²) < 4.78 is 151. The molecule has 0 aliphatic carbocycles. The Hall–Kier alpha value is -3.86. The third kappa shape index (κ3) is 17.9. The van der Waals surface area contributed by atoms with Gasteiger partial charge in [-0.3, -0.25) is 4.99 Å². The molecule has 1 saturated heterocycles. The van der Waals surface area contributed by atoms with Crippen LogP contribution < -0.4 is 25.6 Å². The van der Waals surface area contributed by atoms with Crippen LogP contribution >= 0.6 is 0 Å². The van der Waals surface area contributed by atoms with Crippen LogP contribution in [0.5, 0.6) is 0 Å². The Labute approximate surface area is 282 Å². The molecule has 0 spiro atoms. The summed E-state index contributed by atoms with van der Waals surface area (Å²) in [7, 11) is -3.77. The summed E-state index contributed by atoms with van der Waals surface area (Å²) in [4.78, 5) is 41.3. The second-order valence-corrected chi connectivity index (χ2v) is 9.45. The minimum absolute atomic E-state index is 0. The second-order valence-electron chi connectivity index (χ2n) is 7.97. The summed E-state index contributed by atoms with van der Waals surface area (Å²) in [6.45, 7) is 0.833. The number of allylic oxidation sites excluding steroid dienone is 1. The number of nitrogens with zero attached hydrogens (tertiary/aromatic N) is 3. The fraction of sp³-hybridized carbons (Fsp3) is 0.381. The van der Waals surface area contributed by atoms with Crippen molar-refractivity contribution in [3.8, 4) is 0 Å². The van der Waals surface area contributed by atoms with Gasteiger partial charge in [0.2, 0.25) is 0 Å². The van der Waals surface area contributed by atoms with E-state index < -0.39 is 64.5 Å². The second kappa shape index (κ2) is 19.4. The number of aliphatic imine (C=N–C) groups is 1. The number of carboxylic acid groups (broad SMARTS) is 4. The van der Waals surface area contributed by atoms with Gasteiger partial charge in [-0.1, -0.05) is 30.3 Å². The van der Waals surface area contributed by atoms with Crippen molar-refractivity contribution in [2.24, 2.45) is 10.1 Å². The number of halogens is 12. The molecule has 2 N–H and O–H groups in total. The molecule has 1 aromatic rings. The van der Waals surface area contributed by atoms with Crippen molar-refractivity contribution in [3.63, 3.8) is 0 Å². The summed E-state index contributed by atoms with van der Waals surface area (Å²) in [6, 6.07) is 9.54. The van der Waals surface area contributed by atoms with Crippen molar-refractivity contribution in [2.75, 3.05) is 13.2 Å². The van der Waals surface area contributed by atoms with Gasteiger partial charge in [-0.15, -0.1) is 0 Å². The average molecular weight is 863 g/mol. The summed E-state index contributed by atoms with van der Waals surface area (Å²) in [5.41, 5.74) is 0.144. The van der Waals surface area contributed by atoms with Crippen LogP contribution in [-0.2, 0) is 35.1 Å². The summed E-state index contributed by atoms with van der Waals surface area (Å²) in [5.74, 6) is -12.0. The average Bonchev–Trinajstić information content (AvgIpc) is 2.88. The Bertz CT molecular complexity index is 1320. The smallest absolute Gasteiger partial charge is 0.542 e. The minimum atomic E-state index is -5.19. The van der Waals surface area contributed by atoms with E-state index in [1.807, 2.05) is 41.4 Å². The number of benzene rings is 1. The first-order chi connectivity index (χ1) is 21.3. The molecule has 28 heteroatoms. The van der Waals surface area contributed by atoms with Gasteiger partial charge < -0.3 is 44.5 Å². The molecule has 0 saturated carbocycles. The molecule has 0 radical (unpaired) electrons. The summed E-state index contributed by atoms with van der Waals surface area (Å²) >= 11 is 0. The van der Waals surface area contributed by atoms with E-state index in [1.165, 1.54) is 4.31 Å². The molecule has 1 fully saturated rings. The van der Waals surface area contributed by atoms with Gasteiger partial charge in [0.15, 0.2) is 0 Å². The maximum atomic E-state index is 11.9. The standard InChI is InChI=1S/C13H16N4O2S.4C2HF3O2.Sn/c14-20(18,19)17-10-7-13(17,12-5-2-1-3-6-12)16-9-4-8-15-11-16;4*3-2(4,5)1(6)7;/h1-6,8-9H,7,10-11H2,(H2,14,18,19);4*(H,6,7);/q;;;;;+4/p-4. The molecule has 274 valence electrons. The molecule has 1 unspecified atom stereocenters. The molecule has 2 aliphatic rings. The Morgan fingerprint density at radius 3 is 1.24 bits per heavy atom.